The molecular formula is C12H18ClN3O. The molecule has 1 fully saturated rings. The number of nitrogens with one attached hydrogen (secondary N) is 1. The highest BCUT2D eigenvalue weighted by atomic mass is 35.5. The van der Waals surface area contributed by atoms with Gasteiger partial charge in [-0.2, -0.15) is 0 Å². The smallest absolute Gasteiger partial charge is 0.316 e. The van der Waals surface area contributed by atoms with Gasteiger partial charge in [0.25, 0.3) is 0 Å². The van der Waals surface area contributed by atoms with Crippen molar-refractivity contribution in [1.29, 1.82) is 0 Å². The summed E-state index contributed by atoms with van der Waals surface area (Å²) in [5.74, 6) is 0. The second-order valence-corrected chi connectivity index (χ2v) is 4.76. The van der Waals surface area contributed by atoms with E-state index in [4.69, 9.17) is 16.3 Å². The standard InChI is InChI=1S/C12H18ClN3O/c13-10-8-15-12(16-9-10)17-7-3-5-11-4-1-2-6-14-11/h8-9,11,14H,1-7H2/t11-/m1/s1. The van der Waals surface area contributed by atoms with Gasteiger partial charge >= 0.3 is 6.01 Å². The van der Waals surface area contributed by atoms with Crippen LogP contribution >= 0.6 is 11.6 Å². The topological polar surface area (TPSA) is 47.0 Å². The van der Waals surface area contributed by atoms with Gasteiger partial charge in [0.15, 0.2) is 0 Å². The van der Waals surface area contributed by atoms with Crippen LogP contribution < -0.4 is 10.1 Å². The SMILES string of the molecule is Clc1cnc(OCCC[C@H]2CCCCN2)nc1. The predicted octanol–water partition coefficient (Wildman–Crippen LogP) is 2.43. The third kappa shape index (κ3) is 4.48. The molecule has 0 unspecified atom stereocenters. The van der Waals surface area contributed by atoms with Gasteiger partial charge in [0, 0.05) is 6.04 Å². The van der Waals surface area contributed by atoms with Gasteiger partial charge in [0.05, 0.1) is 24.0 Å². The fourth-order valence-electron chi connectivity index (χ4n) is 2.04. The van der Waals surface area contributed by atoms with Crippen LogP contribution in [0.2, 0.25) is 5.02 Å². The molecule has 94 valence electrons. The number of aromatic nitrogens is 2. The summed E-state index contributed by atoms with van der Waals surface area (Å²) in [4.78, 5) is 7.96. The van der Waals surface area contributed by atoms with Crippen LogP contribution in [0.15, 0.2) is 12.4 Å². The van der Waals surface area contributed by atoms with Crippen LogP contribution in [0.25, 0.3) is 0 Å². The van der Waals surface area contributed by atoms with Gasteiger partial charge in [-0.15, -0.1) is 0 Å². The second kappa shape index (κ2) is 6.77. The molecule has 2 rings (SSSR count). The Morgan fingerprint density at radius 1 is 1.35 bits per heavy atom. The lowest BCUT2D eigenvalue weighted by Crippen LogP contribution is -2.34. The van der Waals surface area contributed by atoms with Crippen LogP contribution in [-0.4, -0.2) is 29.2 Å². The van der Waals surface area contributed by atoms with E-state index >= 15 is 0 Å². The van der Waals surface area contributed by atoms with Crippen molar-refractivity contribution in [2.24, 2.45) is 0 Å². The van der Waals surface area contributed by atoms with E-state index in [2.05, 4.69) is 15.3 Å². The first-order valence-corrected chi connectivity index (χ1v) is 6.56. The van der Waals surface area contributed by atoms with Crippen molar-refractivity contribution in [3.05, 3.63) is 17.4 Å². The van der Waals surface area contributed by atoms with Crippen molar-refractivity contribution in [3.8, 4) is 6.01 Å². The minimum Gasteiger partial charge on any atom is -0.463 e. The maximum atomic E-state index is 5.69. The Hall–Kier alpha value is -0.870. The Bertz CT molecular complexity index is 325. The van der Waals surface area contributed by atoms with Crippen LogP contribution in [0.3, 0.4) is 0 Å². The molecule has 0 radical (unpaired) electrons. The Balaban J connectivity index is 1.60. The fourth-order valence-corrected chi connectivity index (χ4v) is 2.14. The van der Waals surface area contributed by atoms with Crippen LogP contribution in [0.4, 0.5) is 0 Å². The quantitative estimate of drug-likeness (QED) is 0.821. The van der Waals surface area contributed by atoms with Gasteiger partial charge in [-0.25, -0.2) is 9.97 Å². The molecular weight excluding hydrogens is 238 g/mol. The number of hydrogen-bond donors (Lipinski definition) is 1. The van der Waals surface area contributed by atoms with Gasteiger partial charge in [0.2, 0.25) is 0 Å². The Kier molecular flexibility index (Phi) is 5.01. The molecule has 1 N–H and O–H groups in total. The second-order valence-electron chi connectivity index (χ2n) is 4.32. The van der Waals surface area contributed by atoms with Gasteiger partial charge in [-0.1, -0.05) is 18.0 Å². The molecule has 0 amide bonds. The van der Waals surface area contributed by atoms with Gasteiger partial charge in [-0.05, 0) is 32.2 Å². The highest BCUT2D eigenvalue weighted by Gasteiger charge is 2.11. The summed E-state index contributed by atoms with van der Waals surface area (Å²) in [6.07, 6.45) is 9.23. The molecule has 0 saturated carbocycles. The van der Waals surface area contributed by atoms with Crippen LogP contribution in [0.5, 0.6) is 6.01 Å². The van der Waals surface area contributed by atoms with Crippen molar-refractivity contribution in [2.45, 2.75) is 38.1 Å². The summed E-state index contributed by atoms with van der Waals surface area (Å²) in [5, 5.41) is 4.05. The molecule has 1 aromatic heterocycles. The largest absolute Gasteiger partial charge is 0.463 e. The molecule has 0 aromatic carbocycles. The minimum atomic E-state index is 0.408. The molecule has 1 aromatic rings. The first-order valence-electron chi connectivity index (χ1n) is 6.18. The van der Waals surface area contributed by atoms with E-state index in [1.165, 1.54) is 19.3 Å². The third-order valence-electron chi connectivity index (χ3n) is 2.94. The molecule has 0 aliphatic carbocycles. The molecule has 1 saturated heterocycles. The van der Waals surface area contributed by atoms with E-state index in [0.29, 0.717) is 23.7 Å². The summed E-state index contributed by atoms with van der Waals surface area (Å²) >= 11 is 5.69. The monoisotopic (exact) mass is 255 g/mol. The number of halogens is 1. The maximum absolute atomic E-state index is 5.69. The van der Waals surface area contributed by atoms with Gasteiger partial charge in [0.1, 0.15) is 0 Å². The maximum Gasteiger partial charge on any atom is 0.316 e. The average molecular weight is 256 g/mol. The first kappa shape index (κ1) is 12.6. The van der Waals surface area contributed by atoms with Crippen molar-refractivity contribution < 1.29 is 4.74 Å². The fraction of sp³-hybridized carbons (Fsp3) is 0.667. The highest BCUT2D eigenvalue weighted by Crippen LogP contribution is 2.12. The Labute approximate surface area is 107 Å². The van der Waals surface area contributed by atoms with Crippen molar-refractivity contribution in [1.82, 2.24) is 15.3 Å². The number of piperidine rings is 1. The average Bonchev–Trinajstić information content (AvgIpc) is 2.38. The number of ether oxygens (including phenoxy) is 1. The molecule has 1 atom stereocenters. The van der Waals surface area contributed by atoms with E-state index < -0.39 is 0 Å². The third-order valence-corrected chi connectivity index (χ3v) is 3.13. The van der Waals surface area contributed by atoms with Crippen LogP contribution in [0, 0.1) is 0 Å². The van der Waals surface area contributed by atoms with E-state index in [0.717, 1.165) is 19.4 Å². The van der Waals surface area contributed by atoms with E-state index in [1.807, 2.05) is 0 Å². The van der Waals surface area contributed by atoms with Crippen molar-refractivity contribution >= 4 is 11.6 Å². The molecule has 0 bridgehead atoms. The van der Waals surface area contributed by atoms with E-state index in [9.17, 15) is 0 Å². The summed E-state index contributed by atoms with van der Waals surface area (Å²) in [5.41, 5.74) is 0. The van der Waals surface area contributed by atoms with Gasteiger partial charge in [-0.3, -0.25) is 0 Å². The zero-order chi connectivity index (χ0) is 11.9. The lowest BCUT2D eigenvalue weighted by atomic mass is 10.0. The molecule has 1 aliphatic rings. The highest BCUT2D eigenvalue weighted by molar-refractivity contribution is 6.30. The Morgan fingerprint density at radius 3 is 2.88 bits per heavy atom. The predicted molar refractivity (Wildman–Crippen MR) is 67.4 cm³/mol. The summed E-state index contributed by atoms with van der Waals surface area (Å²) in [7, 11) is 0. The number of rotatable bonds is 5. The molecule has 1 aliphatic heterocycles. The molecule has 17 heavy (non-hydrogen) atoms. The first-order chi connectivity index (χ1) is 8.34. The zero-order valence-corrected chi connectivity index (χ0v) is 10.6. The van der Waals surface area contributed by atoms with Crippen LogP contribution in [-0.2, 0) is 0 Å². The number of hydrogen-bond acceptors (Lipinski definition) is 4. The van der Waals surface area contributed by atoms with E-state index in [1.54, 1.807) is 12.4 Å². The summed E-state index contributed by atoms with van der Waals surface area (Å²) in [6, 6.07) is 1.07. The molecule has 5 heteroatoms. The normalized spacial score (nSPS) is 20.2. The van der Waals surface area contributed by atoms with Crippen LogP contribution in [0.1, 0.15) is 32.1 Å². The summed E-state index contributed by atoms with van der Waals surface area (Å²) < 4.78 is 5.44. The summed E-state index contributed by atoms with van der Waals surface area (Å²) in [6.45, 7) is 1.83. The lowest BCUT2D eigenvalue weighted by molar-refractivity contribution is 0.267. The molecule has 0 spiro atoms. The van der Waals surface area contributed by atoms with Crippen molar-refractivity contribution in [3.63, 3.8) is 0 Å². The van der Waals surface area contributed by atoms with Crippen molar-refractivity contribution in [2.75, 3.05) is 13.2 Å². The van der Waals surface area contributed by atoms with E-state index in [-0.39, 0.29) is 0 Å². The molecule has 2 heterocycles. The zero-order valence-electron chi connectivity index (χ0n) is 9.86. The number of nitrogens with zero attached hydrogens (tertiary/aromatic N) is 2. The molecule has 4 nitrogen and oxygen atoms in total. The Morgan fingerprint density at radius 2 is 2.18 bits per heavy atom. The lowest BCUT2D eigenvalue weighted by Gasteiger charge is -2.23. The van der Waals surface area contributed by atoms with Gasteiger partial charge < -0.3 is 10.1 Å². The minimum absolute atomic E-state index is 0.408.